The highest BCUT2D eigenvalue weighted by molar-refractivity contribution is 7.99. The standard InChI is InChI=1S/C25H32N4OS/c1-7-28-23(19-13-15-20(16-14-19)25(4,5)6)26-27-24(28)31-17-22(30)29(18(2)3)21-11-9-8-10-12-21/h8-16,18H,7,17H2,1-6H3. The molecule has 0 unspecified atom stereocenters. The van der Waals surface area contributed by atoms with E-state index in [2.05, 4.69) is 66.7 Å². The predicted octanol–water partition coefficient (Wildman–Crippen LogP) is 5.80. The van der Waals surface area contributed by atoms with E-state index in [1.54, 1.807) is 0 Å². The number of thioether (sulfide) groups is 1. The zero-order valence-corrected chi connectivity index (χ0v) is 20.1. The van der Waals surface area contributed by atoms with Gasteiger partial charge in [0.25, 0.3) is 0 Å². The summed E-state index contributed by atoms with van der Waals surface area (Å²) in [5.74, 6) is 1.21. The van der Waals surface area contributed by atoms with Crippen LogP contribution in [-0.2, 0) is 16.8 Å². The average molecular weight is 437 g/mol. The molecule has 5 nitrogen and oxygen atoms in total. The zero-order chi connectivity index (χ0) is 22.6. The van der Waals surface area contributed by atoms with Crippen LogP contribution in [0.1, 0.15) is 47.1 Å². The van der Waals surface area contributed by atoms with Crippen molar-refractivity contribution in [1.82, 2.24) is 14.8 Å². The Kier molecular flexibility index (Phi) is 7.21. The number of hydrogen-bond acceptors (Lipinski definition) is 4. The van der Waals surface area contributed by atoms with Crippen molar-refractivity contribution < 1.29 is 4.79 Å². The molecule has 1 aromatic heterocycles. The molecule has 0 N–H and O–H groups in total. The van der Waals surface area contributed by atoms with Gasteiger partial charge in [0, 0.05) is 23.8 Å². The van der Waals surface area contributed by atoms with E-state index in [-0.39, 0.29) is 17.4 Å². The number of amides is 1. The quantitative estimate of drug-likeness (QED) is 0.440. The number of carbonyl (C=O) groups is 1. The maximum absolute atomic E-state index is 13.0. The Morgan fingerprint density at radius 1 is 1.03 bits per heavy atom. The van der Waals surface area contributed by atoms with Crippen molar-refractivity contribution in [1.29, 1.82) is 0 Å². The lowest BCUT2D eigenvalue weighted by Gasteiger charge is -2.26. The van der Waals surface area contributed by atoms with Crippen LogP contribution in [0, 0.1) is 0 Å². The number of nitrogens with zero attached hydrogens (tertiary/aromatic N) is 4. The minimum absolute atomic E-state index is 0.0629. The minimum Gasteiger partial charge on any atom is -0.309 e. The Hall–Kier alpha value is -2.60. The van der Waals surface area contributed by atoms with Gasteiger partial charge in [-0.15, -0.1) is 10.2 Å². The normalized spacial score (nSPS) is 11.7. The molecule has 0 bridgehead atoms. The Balaban J connectivity index is 1.77. The molecule has 0 atom stereocenters. The molecular formula is C25H32N4OS. The van der Waals surface area contributed by atoms with Crippen LogP contribution < -0.4 is 4.90 Å². The molecule has 0 saturated heterocycles. The van der Waals surface area contributed by atoms with Crippen molar-refractivity contribution in [3.05, 3.63) is 60.2 Å². The third-order valence-corrected chi connectivity index (χ3v) is 6.14. The zero-order valence-electron chi connectivity index (χ0n) is 19.3. The molecule has 2 aromatic carbocycles. The molecule has 31 heavy (non-hydrogen) atoms. The molecule has 0 aliphatic carbocycles. The lowest BCUT2D eigenvalue weighted by atomic mass is 9.87. The smallest absolute Gasteiger partial charge is 0.237 e. The van der Waals surface area contributed by atoms with E-state index >= 15 is 0 Å². The third-order valence-electron chi connectivity index (χ3n) is 5.19. The largest absolute Gasteiger partial charge is 0.309 e. The van der Waals surface area contributed by atoms with Gasteiger partial charge in [-0.25, -0.2) is 0 Å². The predicted molar refractivity (Wildman–Crippen MR) is 130 cm³/mol. The van der Waals surface area contributed by atoms with E-state index in [1.165, 1.54) is 17.3 Å². The lowest BCUT2D eigenvalue weighted by molar-refractivity contribution is -0.116. The second-order valence-electron chi connectivity index (χ2n) is 8.86. The number of aromatic nitrogens is 3. The summed E-state index contributed by atoms with van der Waals surface area (Å²) in [6, 6.07) is 18.4. The van der Waals surface area contributed by atoms with Gasteiger partial charge in [-0.2, -0.15) is 0 Å². The van der Waals surface area contributed by atoms with Crippen LogP contribution in [0.4, 0.5) is 5.69 Å². The van der Waals surface area contributed by atoms with E-state index < -0.39 is 0 Å². The van der Waals surface area contributed by atoms with Gasteiger partial charge in [0.2, 0.25) is 5.91 Å². The lowest BCUT2D eigenvalue weighted by Crippen LogP contribution is -2.38. The second-order valence-corrected chi connectivity index (χ2v) is 9.80. The van der Waals surface area contributed by atoms with E-state index in [0.717, 1.165) is 28.8 Å². The van der Waals surface area contributed by atoms with Crippen LogP contribution in [0.5, 0.6) is 0 Å². The summed E-state index contributed by atoms with van der Waals surface area (Å²) in [7, 11) is 0. The van der Waals surface area contributed by atoms with Crippen molar-refractivity contribution >= 4 is 23.4 Å². The average Bonchev–Trinajstić information content (AvgIpc) is 3.15. The molecule has 3 aromatic rings. The molecule has 0 spiro atoms. The number of hydrogen-bond donors (Lipinski definition) is 0. The Morgan fingerprint density at radius 2 is 1.68 bits per heavy atom. The molecule has 3 rings (SSSR count). The number of anilines is 1. The fourth-order valence-electron chi connectivity index (χ4n) is 3.53. The van der Waals surface area contributed by atoms with Crippen molar-refractivity contribution in [2.24, 2.45) is 0 Å². The Bertz CT molecular complexity index is 1000. The molecule has 0 aliphatic rings. The summed E-state index contributed by atoms with van der Waals surface area (Å²) in [5.41, 5.74) is 3.35. The Morgan fingerprint density at radius 3 is 2.23 bits per heavy atom. The van der Waals surface area contributed by atoms with Gasteiger partial charge in [-0.05, 0) is 43.9 Å². The first-order valence-corrected chi connectivity index (χ1v) is 11.7. The Labute approximate surface area is 189 Å². The maximum Gasteiger partial charge on any atom is 0.237 e. The summed E-state index contributed by atoms with van der Waals surface area (Å²) >= 11 is 1.44. The van der Waals surface area contributed by atoms with E-state index in [0.29, 0.717) is 5.75 Å². The molecule has 0 radical (unpaired) electrons. The van der Waals surface area contributed by atoms with Gasteiger partial charge in [0.05, 0.1) is 5.75 Å². The molecule has 6 heteroatoms. The highest BCUT2D eigenvalue weighted by atomic mass is 32.2. The summed E-state index contributed by atoms with van der Waals surface area (Å²) < 4.78 is 2.08. The van der Waals surface area contributed by atoms with Crippen molar-refractivity contribution in [3.8, 4) is 11.4 Å². The molecule has 0 aliphatic heterocycles. The van der Waals surface area contributed by atoms with Gasteiger partial charge in [0.1, 0.15) is 0 Å². The highest BCUT2D eigenvalue weighted by Gasteiger charge is 2.21. The number of para-hydroxylation sites is 1. The summed E-state index contributed by atoms with van der Waals surface area (Å²) in [6.45, 7) is 13.5. The second kappa shape index (κ2) is 9.69. The first-order valence-electron chi connectivity index (χ1n) is 10.8. The highest BCUT2D eigenvalue weighted by Crippen LogP contribution is 2.28. The monoisotopic (exact) mass is 436 g/mol. The molecule has 0 fully saturated rings. The summed E-state index contributed by atoms with van der Waals surface area (Å²) in [4.78, 5) is 14.9. The van der Waals surface area contributed by atoms with Crippen molar-refractivity contribution in [2.45, 2.75) is 64.7 Å². The van der Waals surface area contributed by atoms with E-state index in [4.69, 9.17) is 0 Å². The number of carbonyl (C=O) groups excluding carboxylic acids is 1. The van der Waals surface area contributed by atoms with Crippen LogP contribution in [0.3, 0.4) is 0 Å². The topological polar surface area (TPSA) is 51.0 Å². The summed E-state index contributed by atoms with van der Waals surface area (Å²) in [6.07, 6.45) is 0. The fourth-order valence-corrected chi connectivity index (χ4v) is 4.39. The van der Waals surface area contributed by atoms with Crippen LogP contribution >= 0.6 is 11.8 Å². The van der Waals surface area contributed by atoms with Gasteiger partial charge in [-0.3, -0.25) is 4.79 Å². The number of rotatable bonds is 7. The first kappa shape index (κ1) is 23.1. The van der Waals surface area contributed by atoms with Crippen LogP contribution in [0.2, 0.25) is 0 Å². The van der Waals surface area contributed by atoms with Crippen LogP contribution in [0.15, 0.2) is 59.8 Å². The minimum atomic E-state index is 0.0629. The van der Waals surface area contributed by atoms with Gasteiger partial charge < -0.3 is 9.47 Å². The molecule has 1 heterocycles. The van der Waals surface area contributed by atoms with Crippen LogP contribution in [0.25, 0.3) is 11.4 Å². The maximum atomic E-state index is 13.0. The van der Waals surface area contributed by atoms with Crippen LogP contribution in [-0.4, -0.2) is 32.5 Å². The molecule has 0 saturated carbocycles. The van der Waals surface area contributed by atoms with Crippen molar-refractivity contribution in [3.63, 3.8) is 0 Å². The van der Waals surface area contributed by atoms with Crippen molar-refractivity contribution in [2.75, 3.05) is 10.7 Å². The van der Waals surface area contributed by atoms with E-state index in [1.807, 2.05) is 49.1 Å². The van der Waals surface area contributed by atoms with Gasteiger partial charge in [-0.1, -0.05) is 75.0 Å². The SMILES string of the molecule is CCn1c(SCC(=O)N(c2ccccc2)C(C)C)nnc1-c1ccc(C(C)(C)C)cc1. The van der Waals surface area contributed by atoms with Gasteiger partial charge in [0.15, 0.2) is 11.0 Å². The molecule has 164 valence electrons. The van der Waals surface area contributed by atoms with E-state index in [9.17, 15) is 4.79 Å². The third kappa shape index (κ3) is 5.37. The molecular weight excluding hydrogens is 404 g/mol. The first-order chi connectivity index (χ1) is 14.7. The number of benzene rings is 2. The van der Waals surface area contributed by atoms with Gasteiger partial charge >= 0.3 is 0 Å². The molecule has 1 amide bonds. The fraction of sp³-hybridized carbons (Fsp3) is 0.400. The summed E-state index contributed by atoms with van der Waals surface area (Å²) in [5, 5.41) is 9.59.